The molecule has 0 radical (unpaired) electrons. The number of rotatable bonds is 1. The fourth-order valence-electron chi connectivity index (χ4n) is 1.90. The maximum atomic E-state index is 4.53. The summed E-state index contributed by atoms with van der Waals surface area (Å²) >= 11 is 0. The molecule has 2 heteroatoms. The predicted octanol–water partition coefficient (Wildman–Crippen LogP) is 2.06. The number of nitrogens with one attached hydrogen (secondary N) is 1. The minimum Gasteiger partial charge on any atom is -0.308 e. The quantitative estimate of drug-likeness (QED) is 0.708. The van der Waals surface area contributed by atoms with Gasteiger partial charge in [0.25, 0.3) is 0 Å². The fourth-order valence-corrected chi connectivity index (χ4v) is 1.90. The molecule has 1 aliphatic rings. The lowest BCUT2D eigenvalue weighted by Crippen LogP contribution is -2.14. The van der Waals surface area contributed by atoms with Gasteiger partial charge in [0, 0.05) is 11.7 Å². The SMILES string of the molecule is Cc1cccc(C2CC(C)CN2)n1. The second-order valence-electron chi connectivity index (χ2n) is 4.01. The molecule has 1 saturated heterocycles. The summed E-state index contributed by atoms with van der Waals surface area (Å²) in [7, 11) is 0. The first-order chi connectivity index (χ1) is 6.25. The molecule has 0 bridgehead atoms. The molecule has 1 aromatic heterocycles. The van der Waals surface area contributed by atoms with Gasteiger partial charge in [0.2, 0.25) is 0 Å². The third-order valence-corrected chi connectivity index (χ3v) is 2.62. The first kappa shape index (κ1) is 8.70. The lowest BCUT2D eigenvalue weighted by Gasteiger charge is -2.09. The van der Waals surface area contributed by atoms with Crippen LogP contribution in [0, 0.1) is 12.8 Å². The topological polar surface area (TPSA) is 24.9 Å². The van der Waals surface area contributed by atoms with E-state index in [1.165, 1.54) is 12.1 Å². The van der Waals surface area contributed by atoms with Crippen molar-refractivity contribution in [2.45, 2.75) is 26.3 Å². The van der Waals surface area contributed by atoms with Crippen LogP contribution >= 0.6 is 0 Å². The molecule has 13 heavy (non-hydrogen) atoms. The van der Waals surface area contributed by atoms with E-state index in [2.05, 4.69) is 29.4 Å². The van der Waals surface area contributed by atoms with Crippen LogP contribution in [0.2, 0.25) is 0 Å². The van der Waals surface area contributed by atoms with Gasteiger partial charge in [0.15, 0.2) is 0 Å². The number of hydrogen-bond donors (Lipinski definition) is 1. The van der Waals surface area contributed by atoms with Gasteiger partial charge in [-0.05, 0) is 37.9 Å². The van der Waals surface area contributed by atoms with Crippen LogP contribution in [0.3, 0.4) is 0 Å². The van der Waals surface area contributed by atoms with Crippen LogP contribution in [0.4, 0.5) is 0 Å². The van der Waals surface area contributed by atoms with E-state index in [4.69, 9.17) is 0 Å². The molecule has 1 N–H and O–H groups in total. The first-order valence-corrected chi connectivity index (χ1v) is 4.92. The van der Waals surface area contributed by atoms with Gasteiger partial charge >= 0.3 is 0 Å². The smallest absolute Gasteiger partial charge is 0.0576 e. The number of aromatic nitrogens is 1. The third kappa shape index (κ3) is 1.89. The van der Waals surface area contributed by atoms with Crippen LogP contribution in [-0.4, -0.2) is 11.5 Å². The molecule has 2 nitrogen and oxygen atoms in total. The highest BCUT2D eigenvalue weighted by Gasteiger charge is 2.22. The lowest BCUT2D eigenvalue weighted by molar-refractivity contribution is 0.598. The summed E-state index contributed by atoms with van der Waals surface area (Å²) in [5, 5.41) is 3.49. The predicted molar refractivity (Wildman–Crippen MR) is 53.5 cm³/mol. The van der Waals surface area contributed by atoms with E-state index >= 15 is 0 Å². The van der Waals surface area contributed by atoms with E-state index in [9.17, 15) is 0 Å². The zero-order chi connectivity index (χ0) is 9.26. The number of aryl methyl sites for hydroxylation is 1. The van der Waals surface area contributed by atoms with Crippen molar-refractivity contribution in [2.24, 2.45) is 5.92 Å². The van der Waals surface area contributed by atoms with E-state index in [1.807, 2.05) is 13.0 Å². The molecule has 0 spiro atoms. The molecule has 0 aliphatic carbocycles. The normalized spacial score (nSPS) is 27.8. The minimum absolute atomic E-state index is 0.481. The van der Waals surface area contributed by atoms with Gasteiger partial charge in [-0.1, -0.05) is 13.0 Å². The molecule has 2 unspecified atom stereocenters. The Labute approximate surface area is 79.4 Å². The molecule has 0 saturated carbocycles. The zero-order valence-corrected chi connectivity index (χ0v) is 8.25. The highest BCUT2D eigenvalue weighted by Crippen LogP contribution is 2.25. The van der Waals surface area contributed by atoms with Crippen LogP contribution in [0.5, 0.6) is 0 Å². The molecule has 2 atom stereocenters. The summed E-state index contributed by atoms with van der Waals surface area (Å²) in [4.78, 5) is 4.53. The van der Waals surface area contributed by atoms with Gasteiger partial charge in [0.1, 0.15) is 0 Å². The van der Waals surface area contributed by atoms with Crippen LogP contribution in [0.25, 0.3) is 0 Å². The highest BCUT2D eigenvalue weighted by molar-refractivity contribution is 5.14. The lowest BCUT2D eigenvalue weighted by atomic mass is 10.1. The maximum absolute atomic E-state index is 4.53. The number of hydrogen-bond acceptors (Lipinski definition) is 2. The van der Waals surface area contributed by atoms with E-state index in [1.54, 1.807) is 0 Å². The summed E-state index contributed by atoms with van der Waals surface area (Å²) in [5.74, 6) is 0.785. The number of nitrogens with zero attached hydrogens (tertiary/aromatic N) is 1. The van der Waals surface area contributed by atoms with Crippen molar-refractivity contribution in [3.8, 4) is 0 Å². The Bertz CT molecular complexity index is 296. The molecule has 2 heterocycles. The molecule has 1 fully saturated rings. The molecule has 2 rings (SSSR count). The Morgan fingerprint density at radius 2 is 2.31 bits per heavy atom. The van der Waals surface area contributed by atoms with Crippen molar-refractivity contribution in [2.75, 3.05) is 6.54 Å². The fraction of sp³-hybridized carbons (Fsp3) is 0.545. The summed E-state index contributed by atoms with van der Waals surface area (Å²) in [6, 6.07) is 6.72. The second-order valence-corrected chi connectivity index (χ2v) is 4.01. The van der Waals surface area contributed by atoms with E-state index in [-0.39, 0.29) is 0 Å². The molecular weight excluding hydrogens is 160 g/mol. The molecular formula is C11H16N2. The van der Waals surface area contributed by atoms with Crippen molar-refractivity contribution in [1.82, 2.24) is 10.3 Å². The third-order valence-electron chi connectivity index (χ3n) is 2.62. The molecule has 0 aromatic carbocycles. The summed E-state index contributed by atoms with van der Waals surface area (Å²) in [6.45, 7) is 5.45. The van der Waals surface area contributed by atoms with Crippen molar-refractivity contribution in [1.29, 1.82) is 0 Å². The Morgan fingerprint density at radius 1 is 1.46 bits per heavy atom. The molecule has 1 aliphatic heterocycles. The maximum Gasteiger partial charge on any atom is 0.0576 e. The zero-order valence-electron chi connectivity index (χ0n) is 8.25. The minimum atomic E-state index is 0.481. The van der Waals surface area contributed by atoms with Crippen LogP contribution in [0.1, 0.15) is 30.8 Å². The average molecular weight is 176 g/mol. The van der Waals surface area contributed by atoms with Gasteiger partial charge in [-0.15, -0.1) is 0 Å². The van der Waals surface area contributed by atoms with Crippen LogP contribution < -0.4 is 5.32 Å². The Morgan fingerprint density at radius 3 is 2.92 bits per heavy atom. The first-order valence-electron chi connectivity index (χ1n) is 4.92. The van der Waals surface area contributed by atoms with E-state index < -0.39 is 0 Å². The van der Waals surface area contributed by atoms with Crippen LogP contribution in [0.15, 0.2) is 18.2 Å². The van der Waals surface area contributed by atoms with Crippen LogP contribution in [-0.2, 0) is 0 Å². The second kappa shape index (κ2) is 3.46. The van der Waals surface area contributed by atoms with Gasteiger partial charge in [-0.3, -0.25) is 4.98 Å². The molecule has 0 amide bonds. The summed E-state index contributed by atoms with van der Waals surface area (Å²) in [5.41, 5.74) is 2.31. The largest absolute Gasteiger partial charge is 0.308 e. The Kier molecular flexibility index (Phi) is 2.32. The Hall–Kier alpha value is -0.890. The molecule has 70 valence electrons. The Balaban J connectivity index is 2.16. The van der Waals surface area contributed by atoms with E-state index in [0.717, 1.165) is 18.2 Å². The summed E-state index contributed by atoms with van der Waals surface area (Å²) < 4.78 is 0. The highest BCUT2D eigenvalue weighted by atomic mass is 15.0. The number of pyridine rings is 1. The van der Waals surface area contributed by atoms with Crippen molar-refractivity contribution in [3.63, 3.8) is 0 Å². The monoisotopic (exact) mass is 176 g/mol. The van der Waals surface area contributed by atoms with Crippen molar-refractivity contribution < 1.29 is 0 Å². The molecule has 1 aromatic rings. The van der Waals surface area contributed by atoms with Gasteiger partial charge in [0.05, 0.1) is 5.69 Å². The average Bonchev–Trinajstić information content (AvgIpc) is 2.52. The van der Waals surface area contributed by atoms with Crippen molar-refractivity contribution in [3.05, 3.63) is 29.6 Å². The van der Waals surface area contributed by atoms with Gasteiger partial charge < -0.3 is 5.32 Å². The van der Waals surface area contributed by atoms with Gasteiger partial charge in [-0.2, -0.15) is 0 Å². The van der Waals surface area contributed by atoms with E-state index in [0.29, 0.717) is 6.04 Å². The summed E-state index contributed by atoms with van der Waals surface area (Å²) in [6.07, 6.45) is 1.22. The standard InChI is InChI=1S/C11H16N2/c1-8-6-11(12-7-8)10-5-3-4-9(2)13-10/h3-5,8,11-12H,6-7H2,1-2H3. The van der Waals surface area contributed by atoms with Gasteiger partial charge in [-0.25, -0.2) is 0 Å². The van der Waals surface area contributed by atoms with Crippen molar-refractivity contribution >= 4 is 0 Å².